The molecule has 0 amide bonds. The largest absolute Gasteiger partial charge is 0.465 e. The Morgan fingerprint density at radius 3 is 2.62 bits per heavy atom. The monoisotopic (exact) mass is 288 g/mol. The molecular formula is C19H28O2. The summed E-state index contributed by atoms with van der Waals surface area (Å²) in [7, 11) is 0. The van der Waals surface area contributed by atoms with Crippen LogP contribution in [-0.2, 0) is 4.74 Å². The Balaban J connectivity index is 1.99. The van der Waals surface area contributed by atoms with Crippen LogP contribution >= 0.6 is 0 Å². The molecule has 0 radical (unpaired) electrons. The highest BCUT2D eigenvalue weighted by atomic mass is 16.7. The van der Waals surface area contributed by atoms with E-state index in [0.29, 0.717) is 5.92 Å². The fourth-order valence-electron chi connectivity index (χ4n) is 2.66. The zero-order valence-corrected chi connectivity index (χ0v) is 13.6. The van der Waals surface area contributed by atoms with Crippen LogP contribution in [0, 0.1) is 0 Å². The highest BCUT2D eigenvalue weighted by molar-refractivity contribution is 5.32. The van der Waals surface area contributed by atoms with E-state index < -0.39 is 0 Å². The molecule has 1 aliphatic heterocycles. The van der Waals surface area contributed by atoms with Crippen LogP contribution in [0.4, 0.5) is 0 Å². The molecule has 1 saturated heterocycles. The number of ether oxygens (including phenoxy) is 2. The Bertz CT molecular complexity index is 441. The van der Waals surface area contributed by atoms with Crippen LogP contribution in [0.1, 0.15) is 64.4 Å². The third kappa shape index (κ3) is 4.89. The molecule has 1 unspecified atom stereocenters. The Labute approximate surface area is 129 Å². The van der Waals surface area contributed by atoms with E-state index in [1.807, 2.05) is 0 Å². The van der Waals surface area contributed by atoms with E-state index >= 15 is 0 Å². The van der Waals surface area contributed by atoms with E-state index in [0.717, 1.165) is 38.0 Å². The van der Waals surface area contributed by atoms with Crippen molar-refractivity contribution >= 4 is 0 Å². The van der Waals surface area contributed by atoms with Crippen molar-refractivity contribution in [3.63, 3.8) is 0 Å². The second-order valence-electron chi connectivity index (χ2n) is 5.86. The van der Waals surface area contributed by atoms with Gasteiger partial charge in [0.15, 0.2) is 6.29 Å². The molecule has 0 aromatic heterocycles. The molecular weight excluding hydrogens is 260 g/mol. The first-order chi connectivity index (χ1) is 10.2. The molecule has 0 saturated carbocycles. The topological polar surface area (TPSA) is 18.5 Å². The van der Waals surface area contributed by atoms with Crippen LogP contribution in [-0.4, -0.2) is 12.9 Å². The van der Waals surface area contributed by atoms with Gasteiger partial charge >= 0.3 is 0 Å². The molecule has 116 valence electrons. The molecule has 1 aliphatic rings. The second kappa shape index (κ2) is 8.23. The van der Waals surface area contributed by atoms with Gasteiger partial charge in [-0.05, 0) is 50.3 Å². The van der Waals surface area contributed by atoms with Crippen molar-refractivity contribution in [3.8, 4) is 5.75 Å². The van der Waals surface area contributed by atoms with E-state index in [4.69, 9.17) is 9.47 Å². The van der Waals surface area contributed by atoms with Gasteiger partial charge in [0.1, 0.15) is 5.75 Å². The van der Waals surface area contributed by atoms with Crippen molar-refractivity contribution in [1.29, 1.82) is 0 Å². The first kappa shape index (κ1) is 16.1. The maximum absolute atomic E-state index is 5.89. The van der Waals surface area contributed by atoms with Gasteiger partial charge in [-0.2, -0.15) is 0 Å². The summed E-state index contributed by atoms with van der Waals surface area (Å²) in [4.78, 5) is 0. The fourth-order valence-corrected chi connectivity index (χ4v) is 2.66. The van der Waals surface area contributed by atoms with E-state index in [9.17, 15) is 0 Å². The molecule has 2 atom stereocenters. The first-order valence-electron chi connectivity index (χ1n) is 8.28. The summed E-state index contributed by atoms with van der Waals surface area (Å²) >= 11 is 0. The minimum absolute atomic E-state index is 0.0613. The van der Waals surface area contributed by atoms with Gasteiger partial charge in [-0.25, -0.2) is 0 Å². The molecule has 1 heterocycles. The molecule has 2 heteroatoms. The Morgan fingerprint density at radius 1 is 1.29 bits per heavy atom. The van der Waals surface area contributed by atoms with Crippen LogP contribution in [0.25, 0.3) is 0 Å². The van der Waals surface area contributed by atoms with Crippen LogP contribution < -0.4 is 4.74 Å². The van der Waals surface area contributed by atoms with Gasteiger partial charge in [-0.1, -0.05) is 37.6 Å². The van der Waals surface area contributed by atoms with Crippen LogP contribution in [0.15, 0.2) is 35.9 Å². The zero-order valence-electron chi connectivity index (χ0n) is 13.6. The summed E-state index contributed by atoms with van der Waals surface area (Å²) in [6.45, 7) is 7.48. The molecule has 1 aromatic rings. The molecule has 2 rings (SSSR count). The van der Waals surface area contributed by atoms with Gasteiger partial charge in [0.2, 0.25) is 0 Å². The number of allylic oxidation sites excluding steroid dienone is 2. The molecule has 21 heavy (non-hydrogen) atoms. The lowest BCUT2D eigenvalue weighted by Crippen LogP contribution is -2.24. The first-order valence-corrected chi connectivity index (χ1v) is 8.28. The van der Waals surface area contributed by atoms with Crippen molar-refractivity contribution in [1.82, 2.24) is 0 Å². The maximum atomic E-state index is 5.89. The van der Waals surface area contributed by atoms with Crippen molar-refractivity contribution in [2.24, 2.45) is 0 Å². The van der Waals surface area contributed by atoms with Crippen LogP contribution in [0.3, 0.4) is 0 Å². The third-order valence-electron chi connectivity index (χ3n) is 4.20. The second-order valence-corrected chi connectivity index (χ2v) is 5.86. The van der Waals surface area contributed by atoms with Gasteiger partial charge in [-0.15, -0.1) is 0 Å². The molecule has 0 N–H and O–H groups in total. The van der Waals surface area contributed by atoms with Crippen LogP contribution in [0.5, 0.6) is 5.75 Å². The third-order valence-corrected chi connectivity index (χ3v) is 4.20. The minimum Gasteiger partial charge on any atom is -0.465 e. The van der Waals surface area contributed by atoms with Gasteiger partial charge in [0.05, 0.1) is 6.61 Å². The predicted molar refractivity (Wildman–Crippen MR) is 87.7 cm³/mol. The lowest BCUT2D eigenvalue weighted by molar-refractivity contribution is -0.105. The number of rotatable bonds is 6. The van der Waals surface area contributed by atoms with Crippen molar-refractivity contribution in [2.45, 2.75) is 65.1 Å². The summed E-state index contributed by atoms with van der Waals surface area (Å²) in [5, 5.41) is 0. The normalized spacial score (nSPS) is 21.1. The van der Waals surface area contributed by atoms with E-state index in [1.165, 1.54) is 17.6 Å². The van der Waals surface area contributed by atoms with Gasteiger partial charge in [-0.3, -0.25) is 0 Å². The maximum Gasteiger partial charge on any atom is 0.199 e. The summed E-state index contributed by atoms with van der Waals surface area (Å²) in [6.07, 6.45) is 7.92. The highest BCUT2D eigenvalue weighted by Crippen LogP contribution is 2.26. The average molecular weight is 288 g/mol. The fraction of sp³-hybridized carbons (Fsp3) is 0.579. The lowest BCUT2D eigenvalue weighted by Gasteiger charge is -2.23. The Kier molecular flexibility index (Phi) is 6.31. The summed E-state index contributed by atoms with van der Waals surface area (Å²) in [6, 6.07) is 8.52. The number of hydrogen-bond acceptors (Lipinski definition) is 2. The summed E-state index contributed by atoms with van der Waals surface area (Å²) in [5.74, 6) is 1.42. The van der Waals surface area contributed by atoms with Crippen molar-refractivity contribution < 1.29 is 9.47 Å². The van der Waals surface area contributed by atoms with E-state index in [1.54, 1.807) is 0 Å². The summed E-state index contributed by atoms with van der Waals surface area (Å²) in [5.41, 5.74) is 2.82. The molecule has 0 aliphatic carbocycles. The lowest BCUT2D eigenvalue weighted by atomic mass is 9.94. The van der Waals surface area contributed by atoms with Gasteiger partial charge < -0.3 is 9.47 Å². The molecule has 2 nitrogen and oxygen atoms in total. The number of hydrogen-bond donors (Lipinski definition) is 0. The number of benzene rings is 1. The Hall–Kier alpha value is -1.28. The predicted octanol–water partition coefficient (Wildman–Crippen LogP) is 5.44. The molecule has 0 spiro atoms. The minimum atomic E-state index is -0.0613. The zero-order chi connectivity index (χ0) is 15.1. The smallest absolute Gasteiger partial charge is 0.199 e. The SMILES string of the molecule is CC/C(C)=C/[C@@H](CC)c1ccc(OC2CCCCO2)cc1. The van der Waals surface area contributed by atoms with Crippen LogP contribution in [0.2, 0.25) is 0 Å². The summed E-state index contributed by atoms with van der Waals surface area (Å²) < 4.78 is 11.5. The standard InChI is InChI=1S/C19H28O2/c1-4-15(3)14-16(5-2)17-9-11-18(12-10-17)21-19-8-6-7-13-20-19/h9-12,14,16,19H,4-8,13H2,1-3H3/b15-14+/t16-,19?/m1/s1. The molecule has 0 bridgehead atoms. The molecule has 1 fully saturated rings. The average Bonchev–Trinajstić information content (AvgIpc) is 2.54. The van der Waals surface area contributed by atoms with Gasteiger partial charge in [0.25, 0.3) is 0 Å². The van der Waals surface area contributed by atoms with Crippen molar-refractivity contribution in [2.75, 3.05) is 6.61 Å². The van der Waals surface area contributed by atoms with E-state index in [-0.39, 0.29) is 6.29 Å². The quantitative estimate of drug-likeness (QED) is 0.649. The van der Waals surface area contributed by atoms with Gasteiger partial charge in [0, 0.05) is 12.3 Å². The van der Waals surface area contributed by atoms with E-state index in [2.05, 4.69) is 51.1 Å². The van der Waals surface area contributed by atoms with Crippen molar-refractivity contribution in [3.05, 3.63) is 41.5 Å². The Morgan fingerprint density at radius 2 is 2.05 bits per heavy atom. The molecule has 1 aromatic carbocycles. The highest BCUT2D eigenvalue weighted by Gasteiger charge is 2.15.